The zero-order valence-electron chi connectivity index (χ0n) is 20.2. The van der Waals surface area contributed by atoms with E-state index in [1.807, 2.05) is 12.1 Å². The summed E-state index contributed by atoms with van der Waals surface area (Å²) in [5.74, 6) is 0. The number of benzene rings is 2. The minimum absolute atomic E-state index is 0.00385. The number of likely N-dealkylation sites (N-methyl/N-ethyl adjacent to an activating group) is 2. The molecule has 2 aliphatic heterocycles. The molecular formula is C29H32Cl2N2. The first kappa shape index (κ1) is 23.7. The minimum atomic E-state index is -0.0838. The Hall–Kier alpha value is -2.42. The van der Waals surface area contributed by atoms with Crippen molar-refractivity contribution in [3.8, 4) is 0 Å². The summed E-state index contributed by atoms with van der Waals surface area (Å²) in [4.78, 5) is 4.58. The molecule has 4 rings (SSSR count). The van der Waals surface area contributed by atoms with Crippen molar-refractivity contribution < 1.29 is 0 Å². The van der Waals surface area contributed by atoms with E-state index in [1.165, 1.54) is 28.2 Å². The van der Waals surface area contributed by atoms with Gasteiger partial charge in [-0.1, -0.05) is 87.4 Å². The van der Waals surface area contributed by atoms with Crippen molar-refractivity contribution in [2.45, 2.75) is 44.6 Å². The molecule has 0 bridgehead atoms. The van der Waals surface area contributed by atoms with E-state index >= 15 is 0 Å². The second-order valence-electron chi connectivity index (χ2n) is 9.99. The van der Waals surface area contributed by atoms with Gasteiger partial charge in [-0.05, 0) is 53.6 Å². The van der Waals surface area contributed by atoms with Gasteiger partial charge in [0.25, 0.3) is 0 Å². The third-order valence-electron chi connectivity index (χ3n) is 7.18. The average molecular weight is 479 g/mol. The molecule has 0 radical (unpaired) electrons. The quantitative estimate of drug-likeness (QED) is 0.409. The molecule has 2 heterocycles. The maximum absolute atomic E-state index is 6.26. The van der Waals surface area contributed by atoms with Gasteiger partial charge >= 0.3 is 0 Å². The molecule has 2 aromatic carbocycles. The monoisotopic (exact) mass is 478 g/mol. The Bertz CT molecular complexity index is 1180. The standard InChI is InChI=1S/C29H32Cl2N2/c1-28(2)22-18-20(30)14-16-24(22)32(5)26(28)12-10-8-7-9-11-13-27-29(3,4)23-19-21(31)15-17-25(23)33(27)6/h7-19,26H,1-6H3/b8-7+,11-9+,12-10+,27-13+. The first-order valence-electron chi connectivity index (χ1n) is 11.3. The SMILES string of the molecule is CN1/C(=C/C=C/C=C/C=C/C2N(C)c3ccc(Cl)cc3C2(C)C)C(C)(C)c2cc(Cl)ccc21. The first-order valence-corrected chi connectivity index (χ1v) is 12.1. The van der Waals surface area contributed by atoms with Gasteiger partial charge in [0.1, 0.15) is 0 Å². The van der Waals surface area contributed by atoms with E-state index in [9.17, 15) is 0 Å². The molecule has 172 valence electrons. The highest BCUT2D eigenvalue weighted by atomic mass is 35.5. The highest BCUT2D eigenvalue weighted by Gasteiger charge is 2.41. The number of hydrogen-bond donors (Lipinski definition) is 0. The van der Waals surface area contributed by atoms with Gasteiger partial charge in [0.15, 0.2) is 0 Å². The number of anilines is 2. The fourth-order valence-corrected chi connectivity index (χ4v) is 5.66. The molecule has 1 unspecified atom stereocenters. The summed E-state index contributed by atoms with van der Waals surface area (Å²) in [6.45, 7) is 9.05. The average Bonchev–Trinajstić information content (AvgIpc) is 3.06. The van der Waals surface area contributed by atoms with Gasteiger partial charge in [-0.25, -0.2) is 0 Å². The van der Waals surface area contributed by atoms with Gasteiger partial charge in [-0.2, -0.15) is 0 Å². The van der Waals surface area contributed by atoms with E-state index in [4.69, 9.17) is 23.2 Å². The summed E-state index contributed by atoms with van der Waals surface area (Å²) < 4.78 is 0. The van der Waals surface area contributed by atoms with E-state index in [0.717, 1.165) is 10.0 Å². The third kappa shape index (κ3) is 4.16. The van der Waals surface area contributed by atoms with Crippen LogP contribution in [0.15, 0.2) is 84.6 Å². The second-order valence-corrected chi connectivity index (χ2v) is 10.9. The van der Waals surface area contributed by atoms with E-state index in [-0.39, 0.29) is 16.9 Å². The van der Waals surface area contributed by atoms with Crippen LogP contribution in [0.5, 0.6) is 0 Å². The molecule has 0 amide bonds. The molecule has 33 heavy (non-hydrogen) atoms. The zero-order chi connectivity index (χ0) is 24.0. The van der Waals surface area contributed by atoms with E-state index < -0.39 is 0 Å². The van der Waals surface area contributed by atoms with E-state index in [0.29, 0.717) is 0 Å². The van der Waals surface area contributed by atoms with Gasteiger partial charge in [0.2, 0.25) is 0 Å². The highest BCUT2D eigenvalue weighted by Crippen LogP contribution is 2.48. The smallest absolute Gasteiger partial charge is 0.0565 e. The Kier molecular flexibility index (Phi) is 6.28. The van der Waals surface area contributed by atoms with Crippen LogP contribution >= 0.6 is 23.2 Å². The molecule has 2 aliphatic rings. The summed E-state index contributed by atoms with van der Waals surface area (Å²) in [5.41, 5.74) is 6.20. The molecule has 4 heteroatoms. The molecular weight excluding hydrogens is 447 g/mol. The number of allylic oxidation sites excluding steroid dienone is 7. The van der Waals surface area contributed by atoms with Gasteiger partial charge < -0.3 is 9.80 Å². The predicted octanol–water partition coefficient (Wildman–Crippen LogP) is 8.07. The van der Waals surface area contributed by atoms with E-state index in [1.54, 1.807) is 0 Å². The summed E-state index contributed by atoms with van der Waals surface area (Å²) in [6.07, 6.45) is 14.9. The molecule has 1 atom stereocenters. The second kappa shape index (κ2) is 8.74. The van der Waals surface area contributed by atoms with Crippen molar-refractivity contribution in [3.05, 3.63) is 106 Å². The number of nitrogens with zero attached hydrogens (tertiary/aromatic N) is 2. The van der Waals surface area contributed by atoms with E-state index in [2.05, 4.69) is 118 Å². The molecule has 2 aromatic rings. The lowest BCUT2D eigenvalue weighted by atomic mass is 9.80. The van der Waals surface area contributed by atoms with Crippen molar-refractivity contribution in [2.24, 2.45) is 0 Å². The lowest BCUT2D eigenvalue weighted by molar-refractivity contribution is 0.488. The van der Waals surface area contributed by atoms with Crippen LogP contribution in [0.3, 0.4) is 0 Å². The largest absolute Gasteiger partial charge is 0.367 e. The molecule has 0 N–H and O–H groups in total. The van der Waals surface area contributed by atoms with Gasteiger partial charge in [0, 0.05) is 52.0 Å². The Morgan fingerprint density at radius 1 is 0.758 bits per heavy atom. The fourth-order valence-electron chi connectivity index (χ4n) is 5.31. The van der Waals surface area contributed by atoms with Crippen LogP contribution in [-0.2, 0) is 10.8 Å². The molecule has 0 aliphatic carbocycles. The normalized spacial score (nSPS) is 22.3. The molecule has 0 spiro atoms. The maximum Gasteiger partial charge on any atom is 0.0565 e. The maximum atomic E-state index is 6.26. The fraction of sp³-hybridized carbons (Fsp3) is 0.310. The predicted molar refractivity (Wildman–Crippen MR) is 145 cm³/mol. The van der Waals surface area contributed by atoms with Crippen LogP contribution in [0, 0.1) is 0 Å². The Morgan fingerprint density at radius 2 is 1.33 bits per heavy atom. The first-order chi connectivity index (χ1) is 15.5. The lowest BCUT2D eigenvalue weighted by Crippen LogP contribution is -2.37. The van der Waals surface area contributed by atoms with Gasteiger partial charge in [-0.15, -0.1) is 0 Å². The summed E-state index contributed by atoms with van der Waals surface area (Å²) >= 11 is 12.5. The summed E-state index contributed by atoms with van der Waals surface area (Å²) in [6, 6.07) is 12.6. The van der Waals surface area contributed by atoms with Gasteiger partial charge in [-0.3, -0.25) is 0 Å². The molecule has 0 saturated carbocycles. The molecule has 0 aromatic heterocycles. The van der Waals surface area contributed by atoms with Crippen LogP contribution < -0.4 is 9.80 Å². The summed E-state index contributed by atoms with van der Waals surface area (Å²) in [5, 5.41) is 1.57. The topological polar surface area (TPSA) is 6.48 Å². The third-order valence-corrected chi connectivity index (χ3v) is 7.65. The minimum Gasteiger partial charge on any atom is -0.367 e. The number of fused-ring (bicyclic) bond motifs is 2. The Balaban J connectivity index is 1.44. The van der Waals surface area contributed by atoms with Crippen LogP contribution in [0.2, 0.25) is 10.0 Å². The molecule has 0 fully saturated rings. The van der Waals surface area contributed by atoms with Crippen molar-refractivity contribution in [3.63, 3.8) is 0 Å². The number of rotatable bonds is 4. The van der Waals surface area contributed by atoms with Gasteiger partial charge in [0.05, 0.1) is 6.04 Å². The number of hydrogen-bond acceptors (Lipinski definition) is 2. The van der Waals surface area contributed by atoms with Crippen molar-refractivity contribution >= 4 is 34.6 Å². The molecule has 2 nitrogen and oxygen atoms in total. The van der Waals surface area contributed by atoms with Crippen LogP contribution in [0.4, 0.5) is 11.4 Å². The van der Waals surface area contributed by atoms with Crippen LogP contribution in [0.1, 0.15) is 38.8 Å². The van der Waals surface area contributed by atoms with Crippen LogP contribution in [0.25, 0.3) is 0 Å². The zero-order valence-corrected chi connectivity index (χ0v) is 21.7. The summed E-state index contributed by atoms with van der Waals surface area (Å²) in [7, 11) is 4.27. The lowest BCUT2D eigenvalue weighted by Gasteiger charge is -2.29. The Morgan fingerprint density at radius 3 is 2.03 bits per heavy atom. The van der Waals surface area contributed by atoms with Crippen molar-refractivity contribution in [2.75, 3.05) is 23.9 Å². The van der Waals surface area contributed by atoms with Crippen molar-refractivity contribution in [1.82, 2.24) is 0 Å². The Labute approximate surface area is 208 Å². The van der Waals surface area contributed by atoms with Crippen molar-refractivity contribution in [1.29, 1.82) is 0 Å². The molecule has 0 saturated heterocycles. The highest BCUT2D eigenvalue weighted by molar-refractivity contribution is 6.31. The number of halogens is 2. The van der Waals surface area contributed by atoms with Crippen LogP contribution in [-0.4, -0.2) is 20.1 Å².